The summed E-state index contributed by atoms with van der Waals surface area (Å²) in [7, 11) is 1.84. The van der Waals surface area contributed by atoms with Gasteiger partial charge in [-0.25, -0.2) is 4.98 Å². The van der Waals surface area contributed by atoms with Crippen molar-refractivity contribution >= 4 is 17.2 Å². The number of rotatable bonds is 5. The molecule has 0 aliphatic carbocycles. The van der Waals surface area contributed by atoms with Crippen molar-refractivity contribution in [3.05, 3.63) is 34.0 Å². The second kappa shape index (κ2) is 6.36. The van der Waals surface area contributed by atoms with Gasteiger partial charge in [-0.1, -0.05) is 0 Å². The summed E-state index contributed by atoms with van der Waals surface area (Å²) in [5.41, 5.74) is 0. The first-order valence-corrected chi connectivity index (χ1v) is 7.88. The summed E-state index contributed by atoms with van der Waals surface area (Å²) in [6.45, 7) is 1.38. The van der Waals surface area contributed by atoms with Gasteiger partial charge in [0.1, 0.15) is 12.2 Å². The van der Waals surface area contributed by atoms with Crippen molar-refractivity contribution in [2.75, 3.05) is 13.2 Å². The minimum absolute atomic E-state index is 0.0357. The molecule has 1 saturated heterocycles. The molecule has 0 radical (unpaired) electrons. The van der Waals surface area contributed by atoms with Crippen LogP contribution in [0.5, 0.6) is 0 Å². The minimum Gasteiger partial charge on any atom is -0.373 e. The van der Waals surface area contributed by atoms with E-state index in [4.69, 9.17) is 4.74 Å². The molecule has 0 aromatic carbocycles. The number of aromatic nitrogens is 3. The summed E-state index contributed by atoms with van der Waals surface area (Å²) in [5, 5.41) is 6.92. The number of nitrogens with one attached hydrogen (secondary N) is 1. The quantitative estimate of drug-likeness (QED) is 0.913. The van der Waals surface area contributed by atoms with E-state index in [1.165, 1.54) is 17.7 Å². The number of hydrogen-bond acceptors (Lipinski definition) is 5. The lowest BCUT2D eigenvalue weighted by atomic mass is 10.2. The maximum absolute atomic E-state index is 12.1. The molecular formula is C14H18N4O2S. The Kier molecular flexibility index (Phi) is 4.31. The molecule has 0 saturated carbocycles. The number of thiophene rings is 1. The van der Waals surface area contributed by atoms with Gasteiger partial charge in [0, 0.05) is 31.5 Å². The van der Waals surface area contributed by atoms with Gasteiger partial charge in [0.05, 0.1) is 11.0 Å². The average molecular weight is 306 g/mol. The molecule has 0 bridgehead atoms. The molecule has 6 nitrogen and oxygen atoms in total. The van der Waals surface area contributed by atoms with Gasteiger partial charge in [0.25, 0.3) is 5.91 Å². The number of carbonyl (C=O) groups excluding carboxylic acids is 1. The van der Waals surface area contributed by atoms with Crippen LogP contribution >= 0.6 is 11.3 Å². The van der Waals surface area contributed by atoms with Crippen molar-refractivity contribution in [1.29, 1.82) is 0 Å². The van der Waals surface area contributed by atoms with E-state index >= 15 is 0 Å². The highest BCUT2D eigenvalue weighted by Crippen LogP contribution is 2.33. The molecule has 2 aromatic heterocycles. The maximum atomic E-state index is 12.1. The normalized spacial score (nSPS) is 18.0. The molecule has 0 unspecified atom stereocenters. The third kappa shape index (κ3) is 3.30. The summed E-state index contributed by atoms with van der Waals surface area (Å²) in [5.74, 6) is 0.827. The monoisotopic (exact) mass is 306 g/mol. The molecular weight excluding hydrogens is 288 g/mol. The first-order valence-electron chi connectivity index (χ1n) is 7.06. The number of ether oxygens (including phenoxy) is 1. The van der Waals surface area contributed by atoms with Crippen LogP contribution in [0.4, 0.5) is 0 Å². The maximum Gasteiger partial charge on any atom is 0.261 e. The second-order valence-corrected chi connectivity index (χ2v) is 6.12. The minimum atomic E-state index is -0.0357. The Hall–Kier alpha value is -1.73. The smallest absolute Gasteiger partial charge is 0.261 e. The van der Waals surface area contributed by atoms with Crippen LogP contribution in [0.15, 0.2) is 18.5 Å². The molecule has 3 rings (SSSR count). The SMILES string of the molecule is Cn1ncnc1CCNC(=O)c1ccc([C@H]2CCCO2)s1. The zero-order valence-corrected chi connectivity index (χ0v) is 12.7. The molecule has 7 heteroatoms. The van der Waals surface area contributed by atoms with Gasteiger partial charge in [0.2, 0.25) is 0 Å². The van der Waals surface area contributed by atoms with Gasteiger partial charge in [-0.15, -0.1) is 11.3 Å². The van der Waals surface area contributed by atoms with Gasteiger partial charge in [-0.3, -0.25) is 9.48 Å². The van der Waals surface area contributed by atoms with E-state index < -0.39 is 0 Å². The molecule has 2 aromatic rings. The second-order valence-electron chi connectivity index (χ2n) is 5.01. The lowest BCUT2D eigenvalue weighted by Crippen LogP contribution is -2.25. The number of nitrogens with zero attached hydrogens (tertiary/aromatic N) is 3. The molecule has 1 aliphatic rings. The van der Waals surface area contributed by atoms with Gasteiger partial charge < -0.3 is 10.1 Å². The number of aryl methyl sites for hydroxylation is 1. The van der Waals surface area contributed by atoms with Crippen LogP contribution in [0.1, 0.15) is 39.3 Å². The summed E-state index contributed by atoms with van der Waals surface area (Å²) in [4.78, 5) is 18.1. The summed E-state index contributed by atoms with van der Waals surface area (Å²) in [6.07, 6.45) is 4.52. The van der Waals surface area contributed by atoms with E-state index in [2.05, 4.69) is 15.4 Å². The zero-order valence-electron chi connectivity index (χ0n) is 11.9. The van der Waals surface area contributed by atoms with E-state index in [0.717, 1.165) is 35.0 Å². The molecule has 1 atom stereocenters. The molecule has 3 heterocycles. The van der Waals surface area contributed by atoms with Gasteiger partial charge in [-0.05, 0) is 25.0 Å². The molecule has 1 N–H and O–H groups in total. The third-order valence-electron chi connectivity index (χ3n) is 3.54. The predicted molar refractivity (Wildman–Crippen MR) is 79.3 cm³/mol. The first kappa shape index (κ1) is 14.2. The van der Waals surface area contributed by atoms with Crippen LogP contribution in [0, 0.1) is 0 Å². The van der Waals surface area contributed by atoms with Crippen molar-refractivity contribution in [3.63, 3.8) is 0 Å². The Bertz CT molecular complexity index is 616. The van der Waals surface area contributed by atoms with Crippen LogP contribution < -0.4 is 5.32 Å². The summed E-state index contributed by atoms with van der Waals surface area (Å²) < 4.78 is 7.35. The van der Waals surface area contributed by atoms with E-state index in [-0.39, 0.29) is 12.0 Å². The van der Waals surface area contributed by atoms with Gasteiger partial charge in [0.15, 0.2) is 0 Å². The summed E-state index contributed by atoms with van der Waals surface area (Å²) in [6, 6.07) is 3.87. The highest BCUT2D eigenvalue weighted by Gasteiger charge is 2.20. The summed E-state index contributed by atoms with van der Waals surface area (Å²) >= 11 is 1.52. The van der Waals surface area contributed by atoms with E-state index in [9.17, 15) is 4.79 Å². The van der Waals surface area contributed by atoms with Crippen LogP contribution in [-0.2, 0) is 18.2 Å². The predicted octanol–water partition coefficient (Wildman–Crippen LogP) is 1.70. The number of hydrogen-bond donors (Lipinski definition) is 1. The number of carbonyl (C=O) groups is 1. The fourth-order valence-electron chi connectivity index (χ4n) is 2.37. The Labute approximate surface area is 127 Å². The van der Waals surface area contributed by atoms with Crippen molar-refractivity contribution in [3.8, 4) is 0 Å². The highest BCUT2D eigenvalue weighted by atomic mass is 32.1. The third-order valence-corrected chi connectivity index (χ3v) is 4.71. The Morgan fingerprint density at radius 1 is 1.57 bits per heavy atom. The first-order chi connectivity index (χ1) is 10.2. The van der Waals surface area contributed by atoms with Crippen molar-refractivity contribution < 1.29 is 9.53 Å². The Morgan fingerprint density at radius 2 is 2.48 bits per heavy atom. The van der Waals surface area contributed by atoms with Crippen LogP contribution in [0.3, 0.4) is 0 Å². The van der Waals surface area contributed by atoms with Crippen LogP contribution in [0.25, 0.3) is 0 Å². The van der Waals surface area contributed by atoms with Gasteiger partial charge >= 0.3 is 0 Å². The molecule has 1 aliphatic heterocycles. The van der Waals surface area contributed by atoms with Crippen LogP contribution in [0.2, 0.25) is 0 Å². The molecule has 1 fully saturated rings. The van der Waals surface area contributed by atoms with Gasteiger partial charge in [-0.2, -0.15) is 5.10 Å². The lowest BCUT2D eigenvalue weighted by molar-refractivity contribution is 0.0958. The number of amides is 1. The van der Waals surface area contributed by atoms with E-state index in [1.807, 2.05) is 19.2 Å². The van der Waals surface area contributed by atoms with E-state index in [0.29, 0.717) is 13.0 Å². The molecule has 21 heavy (non-hydrogen) atoms. The topological polar surface area (TPSA) is 69.0 Å². The standard InChI is InChI=1S/C14H18N4O2S/c1-18-13(16-9-17-18)6-7-15-14(19)12-5-4-11(21-12)10-3-2-8-20-10/h4-5,9-10H,2-3,6-8H2,1H3,(H,15,19)/t10-/m1/s1. The zero-order chi connectivity index (χ0) is 14.7. The van der Waals surface area contributed by atoms with Crippen molar-refractivity contribution in [2.45, 2.75) is 25.4 Å². The van der Waals surface area contributed by atoms with E-state index in [1.54, 1.807) is 4.68 Å². The van der Waals surface area contributed by atoms with Crippen molar-refractivity contribution in [1.82, 2.24) is 20.1 Å². The largest absolute Gasteiger partial charge is 0.373 e. The lowest BCUT2D eigenvalue weighted by Gasteiger charge is -2.05. The Morgan fingerprint density at radius 3 is 3.19 bits per heavy atom. The average Bonchev–Trinajstić information content (AvgIpc) is 3.19. The van der Waals surface area contributed by atoms with Crippen LogP contribution in [-0.4, -0.2) is 33.8 Å². The fourth-order valence-corrected chi connectivity index (χ4v) is 3.38. The molecule has 112 valence electrons. The highest BCUT2D eigenvalue weighted by molar-refractivity contribution is 7.14. The Balaban J connectivity index is 1.52. The fraction of sp³-hybridized carbons (Fsp3) is 0.500. The molecule has 0 spiro atoms. The molecule has 1 amide bonds. The van der Waals surface area contributed by atoms with Crippen molar-refractivity contribution in [2.24, 2.45) is 7.05 Å².